The number of carbonyl (C=O) groups is 1. The van der Waals surface area contributed by atoms with Crippen molar-refractivity contribution in [2.75, 3.05) is 25.4 Å². The van der Waals surface area contributed by atoms with Crippen LogP contribution in [0.2, 0.25) is 5.02 Å². The molecular formula is C17H30ClN3OS. The van der Waals surface area contributed by atoms with Crippen LogP contribution >= 0.6 is 24.2 Å². The third-order valence-electron chi connectivity index (χ3n) is 3.05. The summed E-state index contributed by atoms with van der Waals surface area (Å²) in [6.07, 6.45) is 3.41. The number of rotatable bonds is 9. The van der Waals surface area contributed by atoms with E-state index in [-0.39, 0.29) is 18.5 Å². The number of thiol groups is 1. The van der Waals surface area contributed by atoms with E-state index >= 15 is 0 Å². The van der Waals surface area contributed by atoms with Gasteiger partial charge in [-0.3, -0.25) is 4.79 Å². The smallest absolute Gasteiger partial charge is 0.233 e. The van der Waals surface area contributed by atoms with Crippen LogP contribution in [0.1, 0.15) is 32.3 Å². The SMILES string of the molecule is CCCC.NC(CS)CNCC(=O)NCCc1cccc(Cl)c1. The van der Waals surface area contributed by atoms with Gasteiger partial charge in [0.25, 0.3) is 0 Å². The summed E-state index contributed by atoms with van der Waals surface area (Å²) in [7, 11) is 0. The predicted octanol–water partition coefficient (Wildman–Crippen LogP) is 2.65. The normalized spacial score (nSPS) is 11.3. The molecule has 4 nitrogen and oxygen atoms in total. The molecule has 132 valence electrons. The zero-order chi connectivity index (χ0) is 17.5. The van der Waals surface area contributed by atoms with Crippen LogP contribution in [-0.2, 0) is 11.2 Å². The van der Waals surface area contributed by atoms with Crippen molar-refractivity contribution in [1.82, 2.24) is 10.6 Å². The van der Waals surface area contributed by atoms with Crippen LogP contribution in [-0.4, -0.2) is 37.3 Å². The molecule has 0 fully saturated rings. The van der Waals surface area contributed by atoms with Crippen molar-refractivity contribution in [3.63, 3.8) is 0 Å². The number of benzene rings is 1. The fourth-order valence-electron chi connectivity index (χ4n) is 1.54. The highest BCUT2D eigenvalue weighted by molar-refractivity contribution is 7.80. The van der Waals surface area contributed by atoms with Crippen molar-refractivity contribution in [1.29, 1.82) is 0 Å². The molecule has 0 radical (unpaired) electrons. The molecular weight excluding hydrogens is 330 g/mol. The Morgan fingerprint density at radius 1 is 1.35 bits per heavy atom. The van der Waals surface area contributed by atoms with Crippen molar-refractivity contribution in [2.24, 2.45) is 5.73 Å². The first-order valence-corrected chi connectivity index (χ1v) is 9.12. The second kappa shape index (κ2) is 14.8. The maximum Gasteiger partial charge on any atom is 0.233 e. The molecule has 4 N–H and O–H groups in total. The lowest BCUT2D eigenvalue weighted by atomic mass is 10.1. The van der Waals surface area contributed by atoms with Gasteiger partial charge in [-0.1, -0.05) is 50.4 Å². The van der Waals surface area contributed by atoms with E-state index in [2.05, 4.69) is 37.1 Å². The number of carbonyl (C=O) groups excluding carboxylic acids is 1. The third-order valence-corrected chi connectivity index (χ3v) is 3.76. The molecule has 1 aromatic rings. The Morgan fingerprint density at radius 2 is 2.04 bits per heavy atom. The van der Waals surface area contributed by atoms with Gasteiger partial charge in [-0.05, 0) is 24.1 Å². The topological polar surface area (TPSA) is 67.1 Å². The molecule has 0 heterocycles. The van der Waals surface area contributed by atoms with Gasteiger partial charge in [-0.2, -0.15) is 12.6 Å². The summed E-state index contributed by atoms with van der Waals surface area (Å²) in [5, 5.41) is 6.54. The number of amides is 1. The van der Waals surface area contributed by atoms with Gasteiger partial charge in [-0.25, -0.2) is 0 Å². The number of hydrogen-bond donors (Lipinski definition) is 4. The van der Waals surface area contributed by atoms with Crippen molar-refractivity contribution >= 4 is 30.1 Å². The molecule has 0 saturated carbocycles. The molecule has 1 atom stereocenters. The van der Waals surface area contributed by atoms with E-state index in [0.29, 0.717) is 23.9 Å². The van der Waals surface area contributed by atoms with Gasteiger partial charge in [0, 0.05) is 29.9 Å². The van der Waals surface area contributed by atoms with Gasteiger partial charge < -0.3 is 16.4 Å². The molecule has 0 aromatic heterocycles. The van der Waals surface area contributed by atoms with E-state index in [0.717, 1.165) is 12.0 Å². The van der Waals surface area contributed by atoms with Crippen LogP contribution in [0.4, 0.5) is 0 Å². The number of unbranched alkanes of at least 4 members (excludes halogenated alkanes) is 1. The minimum absolute atomic E-state index is 0.0254. The van der Waals surface area contributed by atoms with Crippen LogP contribution in [0.5, 0.6) is 0 Å². The molecule has 0 aliphatic heterocycles. The van der Waals surface area contributed by atoms with Gasteiger partial charge in [-0.15, -0.1) is 0 Å². The van der Waals surface area contributed by atoms with Crippen molar-refractivity contribution < 1.29 is 4.79 Å². The highest BCUT2D eigenvalue weighted by Crippen LogP contribution is 2.10. The Hall–Kier alpha value is -0.750. The standard InChI is InChI=1S/C13H20ClN3OS.C4H10/c14-11-3-1-2-10(6-11)4-5-17-13(18)8-16-7-12(15)9-19;1-3-4-2/h1-3,6,12,16,19H,4-5,7-9,15H2,(H,17,18);3-4H2,1-2H3. The Kier molecular flexibility index (Phi) is 14.3. The lowest BCUT2D eigenvalue weighted by Crippen LogP contribution is -2.41. The number of hydrogen-bond acceptors (Lipinski definition) is 4. The molecule has 0 bridgehead atoms. The molecule has 1 rings (SSSR count). The summed E-state index contributed by atoms with van der Waals surface area (Å²) < 4.78 is 0. The van der Waals surface area contributed by atoms with E-state index in [4.69, 9.17) is 17.3 Å². The molecule has 0 saturated heterocycles. The van der Waals surface area contributed by atoms with E-state index < -0.39 is 0 Å². The minimum Gasteiger partial charge on any atom is -0.355 e. The predicted molar refractivity (Wildman–Crippen MR) is 103 cm³/mol. The molecule has 0 spiro atoms. The largest absolute Gasteiger partial charge is 0.355 e. The van der Waals surface area contributed by atoms with Crippen LogP contribution in [0.3, 0.4) is 0 Å². The van der Waals surface area contributed by atoms with Crippen LogP contribution in [0, 0.1) is 0 Å². The minimum atomic E-state index is -0.0339. The van der Waals surface area contributed by atoms with Gasteiger partial charge in [0.05, 0.1) is 6.54 Å². The second-order valence-electron chi connectivity index (χ2n) is 5.30. The summed E-state index contributed by atoms with van der Waals surface area (Å²) in [6, 6.07) is 7.60. The number of nitrogens with two attached hydrogens (primary N) is 1. The van der Waals surface area contributed by atoms with Gasteiger partial charge in [0.2, 0.25) is 5.91 Å². The summed E-state index contributed by atoms with van der Waals surface area (Å²) in [5.74, 6) is 0.567. The average Bonchev–Trinajstić information content (AvgIpc) is 2.55. The zero-order valence-corrected chi connectivity index (χ0v) is 15.8. The Bertz CT molecular complexity index is 430. The summed E-state index contributed by atoms with van der Waals surface area (Å²) in [4.78, 5) is 11.5. The van der Waals surface area contributed by atoms with Crippen LogP contribution in [0.25, 0.3) is 0 Å². The van der Waals surface area contributed by atoms with Crippen LogP contribution in [0.15, 0.2) is 24.3 Å². The molecule has 1 unspecified atom stereocenters. The van der Waals surface area contributed by atoms with Crippen molar-refractivity contribution in [3.8, 4) is 0 Å². The Morgan fingerprint density at radius 3 is 2.61 bits per heavy atom. The monoisotopic (exact) mass is 359 g/mol. The first-order valence-electron chi connectivity index (χ1n) is 8.11. The van der Waals surface area contributed by atoms with E-state index in [1.165, 1.54) is 12.8 Å². The maximum absolute atomic E-state index is 11.5. The van der Waals surface area contributed by atoms with Gasteiger partial charge in [0.15, 0.2) is 0 Å². The molecule has 6 heteroatoms. The number of halogens is 1. The second-order valence-corrected chi connectivity index (χ2v) is 6.11. The first kappa shape index (κ1) is 22.2. The van der Waals surface area contributed by atoms with Gasteiger partial charge in [0.1, 0.15) is 0 Å². The highest BCUT2D eigenvalue weighted by atomic mass is 35.5. The average molecular weight is 360 g/mol. The summed E-state index contributed by atoms with van der Waals surface area (Å²) in [6.45, 7) is 5.82. The van der Waals surface area contributed by atoms with Crippen molar-refractivity contribution in [3.05, 3.63) is 34.9 Å². The first-order chi connectivity index (χ1) is 11.0. The Balaban J connectivity index is 0.00000108. The molecule has 1 amide bonds. The van der Waals surface area contributed by atoms with E-state index in [1.807, 2.05) is 24.3 Å². The quantitative estimate of drug-likeness (QED) is 0.512. The van der Waals surface area contributed by atoms with Crippen molar-refractivity contribution in [2.45, 2.75) is 39.2 Å². The summed E-state index contributed by atoms with van der Waals surface area (Å²) >= 11 is 9.95. The molecule has 0 aliphatic carbocycles. The van der Waals surface area contributed by atoms with E-state index in [9.17, 15) is 4.79 Å². The Labute approximate surface area is 151 Å². The lowest BCUT2D eigenvalue weighted by molar-refractivity contribution is -0.120. The maximum atomic E-state index is 11.5. The molecule has 0 aliphatic rings. The van der Waals surface area contributed by atoms with Crippen LogP contribution < -0.4 is 16.4 Å². The number of nitrogens with one attached hydrogen (secondary N) is 2. The lowest BCUT2D eigenvalue weighted by Gasteiger charge is -2.10. The fourth-order valence-corrected chi connectivity index (χ4v) is 1.88. The summed E-state index contributed by atoms with van der Waals surface area (Å²) in [5.41, 5.74) is 6.78. The van der Waals surface area contributed by atoms with E-state index in [1.54, 1.807) is 0 Å². The third kappa shape index (κ3) is 13.4. The zero-order valence-electron chi connectivity index (χ0n) is 14.1. The highest BCUT2D eigenvalue weighted by Gasteiger charge is 2.03. The molecule has 1 aromatic carbocycles. The fraction of sp³-hybridized carbons (Fsp3) is 0.588. The molecule has 23 heavy (non-hydrogen) atoms. The van der Waals surface area contributed by atoms with Gasteiger partial charge >= 0.3 is 0 Å².